The molecule has 4 aromatic rings. The van der Waals surface area contributed by atoms with Gasteiger partial charge in [-0.15, -0.1) is 11.3 Å². The van der Waals surface area contributed by atoms with Gasteiger partial charge in [-0.25, -0.2) is 4.98 Å². The van der Waals surface area contributed by atoms with E-state index >= 15 is 0 Å². The number of carbonyl (C=O) groups excluding carboxylic acids is 1. The van der Waals surface area contributed by atoms with E-state index in [2.05, 4.69) is 21.3 Å². The van der Waals surface area contributed by atoms with Gasteiger partial charge in [0.15, 0.2) is 4.34 Å². The molecule has 1 atom stereocenters. The summed E-state index contributed by atoms with van der Waals surface area (Å²) >= 11 is 15.3. The molecule has 1 amide bonds. The van der Waals surface area contributed by atoms with Gasteiger partial charge in [0.1, 0.15) is 0 Å². The van der Waals surface area contributed by atoms with E-state index in [9.17, 15) is 4.79 Å². The predicted octanol–water partition coefficient (Wildman–Crippen LogP) is 6.98. The monoisotopic (exact) mass is 597 g/mol. The van der Waals surface area contributed by atoms with Gasteiger partial charge in [-0.3, -0.25) is 14.7 Å². The zero-order valence-electron chi connectivity index (χ0n) is 21.2. The molecule has 5 rings (SSSR count). The zero-order valence-corrected chi connectivity index (χ0v) is 24.4. The molecule has 3 heterocycles. The number of carbonyl (C=O) groups is 1. The number of benzene rings is 2. The molecule has 0 aliphatic carbocycles. The molecule has 0 radical (unpaired) electrons. The van der Waals surface area contributed by atoms with Crippen molar-refractivity contribution in [1.29, 1.82) is 0 Å². The largest absolute Gasteiger partial charge is 0.379 e. The van der Waals surface area contributed by atoms with Crippen molar-refractivity contribution in [2.45, 2.75) is 35.5 Å². The number of thioether (sulfide) groups is 1. The number of nitrogens with zero attached hydrogens (tertiary/aromatic N) is 3. The summed E-state index contributed by atoms with van der Waals surface area (Å²) in [6, 6.07) is 19.8. The lowest BCUT2D eigenvalue weighted by Crippen LogP contribution is -2.41. The van der Waals surface area contributed by atoms with Crippen molar-refractivity contribution < 1.29 is 4.79 Å². The van der Waals surface area contributed by atoms with Crippen LogP contribution in [-0.4, -0.2) is 39.1 Å². The van der Waals surface area contributed by atoms with Crippen molar-refractivity contribution in [1.82, 2.24) is 14.9 Å². The summed E-state index contributed by atoms with van der Waals surface area (Å²) in [5.41, 5.74) is 10.9. The summed E-state index contributed by atoms with van der Waals surface area (Å²) in [6.45, 7) is 3.26. The third-order valence-corrected chi connectivity index (χ3v) is 9.91. The molecule has 3 N–H and O–H groups in total. The molecule has 1 unspecified atom stereocenters. The number of piperidine rings is 1. The molecular weight excluding hydrogens is 569 g/mol. The van der Waals surface area contributed by atoms with Crippen LogP contribution in [0.2, 0.25) is 10.0 Å². The molecule has 1 aliphatic heterocycles. The maximum absolute atomic E-state index is 12.5. The third kappa shape index (κ3) is 7.52. The van der Waals surface area contributed by atoms with Gasteiger partial charge in [0.05, 0.1) is 33.2 Å². The standard InChI is InChI=1S/C29H29Cl2N5OS2/c30-24-8-7-19(14-25(24)31)17-36-12-9-20(10-13-36)27(28(32)37)39-29-35-26(18-38-29)21-4-3-6-22(15-21)34-16-23-5-1-2-11-33-23/h1-8,11,14-15,18,20,27,34H,9-10,12-13,16-17H2,(H2,32,37). The second-order valence-corrected chi connectivity index (χ2v) is 12.6. The lowest BCUT2D eigenvalue weighted by Gasteiger charge is -2.34. The lowest BCUT2D eigenvalue weighted by atomic mass is 9.92. The Labute approximate surface area is 247 Å². The predicted molar refractivity (Wildman–Crippen MR) is 162 cm³/mol. The van der Waals surface area contributed by atoms with E-state index in [0.717, 1.165) is 65.0 Å². The zero-order chi connectivity index (χ0) is 27.2. The van der Waals surface area contributed by atoms with E-state index in [0.29, 0.717) is 16.6 Å². The Balaban J connectivity index is 1.18. The Morgan fingerprint density at radius 2 is 1.95 bits per heavy atom. The quantitative estimate of drug-likeness (QED) is 0.192. The van der Waals surface area contributed by atoms with Crippen molar-refractivity contribution in [3.8, 4) is 11.3 Å². The number of thiazole rings is 1. The number of pyridine rings is 1. The van der Waals surface area contributed by atoms with Crippen LogP contribution >= 0.6 is 46.3 Å². The minimum atomic E-state index is -0.303. The van der Waals surface area contributed by atoms with Gasteiger partial charge in [-0.1, -0.05) is 59.2 Å². The molecule has 1 fully saturated rings. The number of anilines is 1. The highest BCUT2D eigenvalue weighted by Gasteiger charge is 2.32. The van der Waals surface area contributed by atoms with Gasteiger partial charge in [0.25, 0.3) is 0 Å². The highest BCUT2D eigenvalue weighted by Crippen LogP contribution is 2.37. The van der Waals surface area contributed by atoms with E-state index in [4.69, 9.17) is 33.9 Å². The minimum Gasteiger partial charge on any atom is -0.379 e. The van der Waals surface area contributed by atoms with Crippen LogP contribution < -0.4 is 11.1 Å². The number of nitrogens with one attached hydrogen (secondary N) is 1. The average Bonchev–Trinajstić information content (AvgIpc) is 3.43. The van der Waals surface area contributed by atoms with Crippen LogP contribution in [0, 0.1) is 5.92 Å². The second-order valence-electron chi connectivity index (χ2n) is 9.56. The normalized spacial score (nSPS) is 15.2. The van der Waals surface area contributed by atoms with Crippen LogP contribution in [0.1, 0.15) is 24.1 Å². The number of halogens is 2. The van der Waals surface area contributed by atoms with Gasteiger partial charge >= 0.3 is 0 Å². The Kier molecular flexibility index (Phi) is 9.42. The molecule has 2 aromatic carbocycles. The molecule has 202 valence electrons. The summed E-state index contributed by atoms with van der Waals surface area (Å²) in [4.78, 5) is 24.1. The first kappa shape index (κ1) is 27.9. The first-order valence-corrected chi connectivity index (χ1v) is 15.3. The fraction of sp³-hybridized carbons (Fsp3) is 0.276. The SMILES string of the molecule is NC(=O)C(Sc1nc(-c2cccc(NCc3ccccn3)c2)cs1)C1CCN(Cc2ccc(Cl)c(Cl)c2)CC1. The van der Waals surface area contributed by atoms with Crippen LogP contribution in [0.25, 0.3) is 11.3 Å². The van der Waals surface area contributed by atoms with E-state index in [1.807, 2.05) is 60.0 Å². The molecule has 2 aromatic heterocycles. The van der Waals surface area contributed by atoms with Crippen LogP contribution in [0.4, 0.5) is 5.69 Å². The second kappa shape index (κ2) is 13.2. The van der Waals surface area contributed by atoms with Crippen LogP contribution in [0.15, 0.2) is 76.6 Å². The number of amides is 1. The van der Waals surface area contributed by atoms with E-state index < -0.39 is 0 Å². The number of hydrogen-bond donors (Lipinski definition) is 2. The average molecular weight is 599 g/mol. The van der Waals surface area contributed by atoms with Crippen LogP contribution in [0.3, 0.4) is 0 Å². The van der Waals surface area contributed by atoms with E-state index in [-0.39, 0.29) is 17.1 Å². The smallest absolute Gasteiger partial charge is 0.231 e. The Bertz CT molecular complexity index is 1410. The molecule has 10 heteroatoms. The van der Waals surface area contributed by atoms with Crippen LogP contribution in [-0.2, 0) is 17.9 Å². The molecule has 39 heavy (non-hydrogen) atoms. The number of rotatable bonds is 10. The maximum Gasteiger partial charge on any atom is 0.231 e. The first-order chi connectivity index (χ1) is 18.9. The minimum absolute atomic E-state index is 0.212. The molecule has 0 saturated carbocycles. The Morgan fingerprint density at radius 3 is 2.69 bits per heavy atom. The summed E-state index contributed by atoms with van der Waals surface area (Å²) in [6.07, 6.45) is 3.61. The summed E-state index contributed by atoms with van der Waals surface area (Å²) in [5, 5.41) is 6.30. The number of nitrogens with two attached hydrogens (primary N) is 1. The van der Waals surface area contributed by atoms with Crippen molar-refractivity contribution in [3.63, 3.8) is 0 Å². The molecule has 6 nitrogen and oxygen atoms in total. The van der Waals surface area contributed by atoms with Gasteiger partial charge < -0.3 is 11.1 Å². The van der Waals surface area contributed by atoms with Crippen LogP contribution in [0.5, 0.6) is 0 Å². The fourth-order valence-electron chi connectivity index (χ4n) is 4.73. The van der Waals surface area contributed by atoms with Gasteiger partial charge in [-0.05, 0) is 73.8 Å². The Hall–Kier alpha value is -2.62. The van der Waals surface area contributed by atoms with Gasteiger partial charge in [0.2, 0.25) is 5.91 Å². The number of hydrogen-bond acceptors (Lipinski definition) is 7. The molecule has 0 bridgehead atoms. The highest BCUT2D eigenvalue weighted by molar-refractivity contribution is 8.02. The summed E-state index contributed by atoms with van der Waals surface area (Å²) < 4.78 is 0.860. The number of likely N-dealkylation sites (tertiary alicyclic amines) is 1. The molecule has 1 aliphatic rings. The highest BCUT2D eigenvalue weighted by atomic mass is 35.5. The maximum atomic E-state index is 12.5. The van der Waals surface area contributed by atoms with E-state index in [1.165, 1.54) is 11.8 Å². The summed E-state index contributed by atoms with van der Waals surface area (Å²) in [5.74, 6) is -0.0653. The number of aromatic nitrogens is 2. The lowest BCUT2D eigenvalue weighted by molar-refractivity contribution is -0.118. The van der Waals surface area contributed by atoms with Gasteiger partial charge in [0, 0.05) is 29.4 Å². The number of primary amides is 1. The van der Waals surface area contributed by atoms with Crippen molar-refractivity contribution in [2.24, 2.45) is 11.7 Å². The van der Waals surface area contributed by atoms with Crippen molar-refractivity contribution in [2.75, 3.05) is 18.4 Å². The molecule has 1 saturated heterocycles. The topological polar surface area (TPSA) is 84.1 Å². The molecule has 0 spiro atoms. The van der Waals surface area contributed by atoms with Crippen molar-refractivity contribution >= 4 is 57.9 Å². The van der Waals surface area contributed by atoms with Crippen molar-refractivity contribution in [3.05, 3.63) is 93.5 Å². The molecular formula is C29H29Cl2N5OS2. The van der Waals surface area contributed by atoms with Gasteiger partial charge in [-0.2, -0.15) is 0 Å². The Morgan fingerprint density at radius 1 is 1.10 bits per heavy atom. The fourth-order valence-corrected chi connectivity index (χ4v) is 7.23. The summed E-state index contributed by atoms with van der Waals surface area (Å²) in [7, 11) is 0. The van der Waals surface area contributed by atoms with E-state index in [1.54, 1.807) is 17.5 Å². The third-order valence-electron chi connectivity index (χ3n) is 6.80. The first-order valence-electron chi connectivity index (χ1n) is 12.8.